The average Bonchev–Trinajstić information content (AvgIpc) is 2.87. The number of rotatable bonds is 4. The maximum atomic E-state index is 13.0. The van der Waals surface area contributed by atoms with E-state index in [0.29, 0.717) is 24.2 Å². The van der Waals surface area contributed by atoms with Gasteiger partial charge in [0.05, 0.1) is 7.11 Å². The minimum absolute atomic E-state index is 0.264. The number of amides is 2. The van der Waals surface area contributed by atoms with Gasteiger partial charge >= 0.3 is 0 Å². The average molecular weight is 340 g/mol. The lowest BCUT2D eigenvalue weighted by molar-refractivity contribution is -0.124. The summed E-state index contributed by atoms with van der Waals surface area (Å²) in [6.45, 7) is 0. The van der Waals surface area contributed by atoms with Gasteiger partial charge < -0.3 is 15.8 Å². The molecule has 0 atom stereocenters. The van der Waals surface area contributed by atoms with Crippen LogP contribution in [-0.4, -0.2) is 24.5 Å². The van der Waals surface area contributed by atoms with Crippen LogP contribution in [0.5, 0.6) is 5.75 Å². The number of nitrogens with two attached hydrogens (primary N) is 1. The third kappa shape index (κ3) is 3.31. The molecule has 0 bridgehead atoms. The molecule has 1 aliphatic rings. The second-order valence-electron chi connectivity index (χ2n) is 6.68. The molecule has 3 rings (SSSR count). The first-order valence-electron chi connectivity index (χ1n) is 8.75. The standard InChI is InChI=1S/C20H24N2O3/c1-25-17-11-10-16(14-8-4-5-9-15(14)17)18(23)22-20(19(21)24)12-6-2-3-7-13-20/h4-5,8-11H,2-3,6-7,12-13H2,1H3,(H2,21,24)(H,22,23). The van der Waals surface area contributed by atoms with Gasteiger partial charge in [-0.3, -0.25) is 9.59 Å². The highest BCUT2D eigenvalue weighted by atomic mass is 16.5. The Labute approximate surface area is 147 Å². The van der Waals surface area contributed by atoms with Crippen molar-refractivity contribution in [3.63, 3.8) is 0 Å². The SMILES string of the molecule is COc1ccc(C(=O)NC2(C(N)=O)CCCCCC2)c2ccccc12. The molecule has 25 heavy (non-hydrogen) atoms. The molecule has 0 spiro atoms. The van der Waals surface area contributed by atoms with Gasteiger partial charge in [0.1, 0.15) is 11.3 Å². The van der Waals surface area contributed by atoms with Crippen LogP contribution < -0.4 is 15.8 Å². The molecule has 1 fully saturated rings. The van der Waals surface area contributed by atoms with Crippen LogP contribution in [0.25, 0.3) is 10.8 Å². The Morgan fingerprint density at radius 2 is 1.64 bits per heavy atom. The number of ether oxygens (including phenoxy) is 1. The third-order valence-corrected chi connectivity index (χ3v) is 5.13. The van der Waals surface area contributed by atoms with E-state index in [9.17, 15) is 9.59 Å². The largest absolute Gasteiger partial charge is 0.496 e. The molecule has 132 valence electrons. The van der Waals surface area contributed by atoms with Gasteiger partial charge in [0, 0.05) is 10.9 Å². The Kier molecular flexibility index (Phi) is 4.93. The van der Waals surface area contributed by atoms with E-state index in [4.69, 9.17) is 10.5 Å². The monoisotopic (exact) mass is 340 g/mol. The van der Waals surface area contributed by atoms with Gasteiger partial charge in [-0.25, -0.2) is 0 Å². The first-order valence-corrected chi connectivity index (χ1v) is 8.75. The Hall–Kier alpha value is -2.56. The Morgan fingerprint density at radius 1 is 1.00 bits per heavy atom. The first-order chi connectivity index (χ1) is 12.1. The number of primary amides is 1. The number of benzene rings is 2. The van der Waals surface area contributed by atoms with Gasteiger partial charge in [-0.05, 0) is 30.4 Å². The lowest BCUT2D eigenvalue weighted by atomic mass is 9.88. The topological polar surface area (TPSA) is 81.4 Å². The molecule has 0 saturated heterocycles. The maximum Gasteiger partial charge on any atom is 0.252 e. The number of hydrogen-bond acceptors (Lipinski definition) is 3. The van der Waals surface area contributed by atoms with Gasteiger partial charge in [-0.1, -0.05) is 49.9 Å². The number of nitrogens with one attached hydrogen (secondary N) is 1. The predicted octanol–water partition coefficient (Wildman–Crippen LogP) is 3.16. The van der Waals surface area contributed by atoms with E-state index in [2.05, 4.69) is 5.32 Å². The van der Waals surface area contributed by atoms with Crippen molar-refractivity contribution in [2.75, 3.05) is 7.11 Å². The number of carbonyl (C=O) groups is 2. The van der Waals surface area contributed by atoms with E-state index in [-0.39, 0.29) is 5.91 Å². The smallest absolute Gasteiger partial charge is 0.252 e. The van der Waals surface area contributed by atoms with Crippen LogP contribution in [0.15, 0.2) is 36.4 Å². The minimum Gasteiger partial charge on any atom is -0.496 e. The van der Waals surface area contributed by atoms with Crippen molar-refractivity contribution in [2.24, 2.45) is 5.73 Å². The summed E-state index contributed by atoms with van der Waals surface area (Å²) in [5.41, 5.74) is 5.26. The fourth-order valence-corrected chi connectivity index (χ4v) is 3.70. The minimum atomic E-state index is -0.950. The van der Waals surface area contributed by atoms with Crippen molar-refractivity contribution >= 4 is 22.6 Å². The van der Waals surface area contributed by atoms with Crippen molar-refractivity contribution in [3.8, 4) is 5.75 Å². The number of methoxy groups -OCH3 is 1. The zero-order valence-corrected chi connectivity index (χ0v) is 14.5. The highest BCUT2D eigenvalue weighted by molar-refractivity contribution is 6.10. The van der Waals surface area contributed by atoms with Crippen LogP contribution in [0.2, 0.25) is 0 Å². The molecule has 1 aliphatic carbocycles. The second kappa shape index (κ2) is 7.13. The molecule has 5 heteroatoms. The van der Waals surface area contributed by atoms with E-state index in [0.717, 1.165) is 36.5 Å². The second-order valence-corrected chi connectivity index (χ2v) is 6.68. The Morgan fingerprint density at radius 3 is 2.24 bits per heavy atom. The number of fused-ring (bicyclic) bond motifs is 1. The highest BCUT2D eigenvalue weighted by Crippen LogP contribution is 2.31. The van der Waals surface area contributed by atoms with Crippen LogP contribution in [0.1, 0.15) is 48.9 Å². The molecule has 5 nitrogen and oxygen atoms in total. The van der Waals surface area contributed by atoms with E-state index in [1.807, 2.05) is 24.3 Å². The van der Waals surface area contributed by atoms with Crippen LogP contribution in [0.3, 0.4) is 0 Å². The summed E-state index contributed by atoms with van der Waals surface area (Å²) in [4.78, 5) is 25.1. The van der Waals surface area contributed by atoms with E-state index in [1.54, 1.807) is 19.2 Å². The molecule has 1 saturated carbocycles. The van der Waals surface area contributed by atoms with Crippen LogP contribution in [-0.2, 0) is 4.79 Å². The van der Waals surface area contributed by atoms with E-state index >= 15 is 0 Å². The highest BCUT2D eigenvalue weighted by Gasteiger charge is 2.38. The van der Waals surface area contributed by atoms with Crippen LogP contribution in [0.4, 0.5) is 0 Å². The summed E-state index contributed by atoms with van der Waals surface area (Å²) < 4.78 is 5.38. The third-order valence-electron chi connectivity index (χ3n) is 5.13. The summed E-state index contributed by atoms with van der Waals surface area (Å²) in [5, 5.41) is 4.63. The summed E-state index contributed by atoms with van der Waals surface area (Å²) >= 11 is 0. The summed E-state index contributed by atoms with van der Waals surface area (Å²) in [6.07, 6.45) is 5.12. The quantitative estimate of drug-likeness (QED) is 0.839. The van der Waals surface area contributed by atoms with Crippen LogP contribution >= 0.6 is 0 Å². The van der Waals surface area contributed by atoms with Gasteiger partial charge in [0.25, 0.3) is 5.91 Å². The van der Waals surface area contributed by atoms with Crippen molar-refractivity contribution in [3.05, 3.63) is 42.0 Å². The van der Waals surface area contributed by atoms with Gasteiger partial charge in [-0.15, -0.1) is 0 Å². The number of carbonyl (C=O) groups excluding carboxylic acids is 2. The molecule has 3 N–H and O–H groups in total. The van der Waals surface area contributed by atoms with Gasteiger partial charge in [0.15, 0.2) is 0 Å². The summed E-state index contributed by atoms with van der Waals surface area (Å²) in [6, 6.07) is 11.1. The van der Waals surface area contributed by atoms with E-state index in [1.165, 1.54) is 0 Å². The number of hydrogen-bond donors (Lipinski definition) is 2. The molecule has 0 aliphatic heterocycles. The predicted molar refractivity (Wildman–Crippen MR) is 97.6 cm³/mol. The zero-order chi connectivity index (χ0) is 17.9. The normalized spacial score (nSPS) is 16.8. The summed E-state index contributed by atoms with van der Waals surface area (Å²) in [5.74, 6) is 0.00588. The molecule has 0 heterocycles. The molecule has 2 aromatic carbocycles. The zero-order valence-electron chi connectivity index (χ0n) is 14.5. The fourth-order valence-electron chi connectivity index (χ4n) is 3.70. The Bertz CT molecular complexity index is 793. The summed E-state index contributed by atoms with van der Waals surface area (Å²) in [7, 11) is 1.61. The maximum absolute atomic E-state index is 13.0. The van der Waals surface area contributed by atoms with E-state index < -0.39 is 11.4 Å². The van der Waals surface area contributed by atoms with Gasteiger partial charge in [-0.2, -0.15) is 0 Å². The van der Waals surface area contributed by atoms with Crippen molar-refractivity contribution in [1.29, 1.82) is 0 Å². The molecule has 0 radical (unpaired) electrons. The fraction of sp³-hybridized carbons (Fsp3) is 0.400. The molecule has 0 aromatic heterocycles. The lowest BCUT2D eigenvalue weighted by Crippen LogP contribution is -2.57. The molecular formula is C20H24N2O3. The Balaban J connectivity index is 1.98. The lowest BCUT2D eigenvalue weighted by Gasteiger charge is -2.30. The van der Waals surface area contributed by atoms with Crippen LogP contribution in [0, 0.1) is 0 Å². The molecule has 2 aromatic rings. The molecular weight excluding hydrogens is 316 g/mol. The van der Waals surface area contributed by atoms with Crippen molar-refractivity contribution < 1.29 is 14.3 Å². The molecule has 0 unspecified atom stereocenters. The van der Waals surface area contributed by atoms with Crippen molar-refractivity contribution in [1.82, 2.24) is 5.32 Å². The van der Waals surface area contributed by atoms with Crippen molar-refractivity contribution in [2.45, 2.75) is 44.1 Å². The van der Waals surface area contributed by atoms with Gasteiger partial charge in [0.2, 0.25) is 5.91 Å². The molecule has 2 amide bonds. The first kappa shape index (κ1) is 17.3.